The smallest absolute Gasteiger partial charge is 0.254 e. The molecule has 3 fully saturated rings. The minimum absolute atomic E-state index is 0.0437. The molecule has 0 saturated carbocycles. The first-order valence-corrected chi connectivity index (χ1v) is 15.0. The van der Waals surface area contributed by atoms with Crippen LogP contribution in [0.4, 0.5) is 0 Å². The summed E-state index contributed by atoms with van der Waals surface area (Å²) in [6, 6.07) is 16.0. The molecule has 0 bridgehead atoms. The Labute approximate surface area is 239 Å². The molecule has 2 unspecified atom stereocenters. The number of hydrogen-bond donors (Lipinski definition) is 1. The second-order valence-corrected chi connectivity index (χ2v) is 11.5. The summed E-state index contributed by atoms with van der Waals surface area (Å²) in [5, 5.41) is 3.40. The fourth-order valence-electron chi connectivity index (χ4n) is 6.17. The number of carbonyl (C=O) groups is 2. The molecule has 5 rings (SSSR count). The Morgan fingerprint density at radius 3 is 2.52 bits per heavy atom. The number of nitrogens with zero attached hydrogens (tertiary/aromatic N) is 4. The van der Waals surface area contributed by atoms with Crippen molar-refractivity contribution in [2.24, 2.45) is 0 Å². The maximum absolute atomic E-state index is 14.0. The molecule has 0 aromatic heterocycles. The minimum Gasteiger partial charge on any atom is -0.379 e. The highest BCUT2D eigenvalue weighted by Gasteiger charge is 2.43. The number of ether oxygens (including phenoxy) is 1. The van der Waals surface area contributed by atoms with Gasteiger partial charge in [-0.15, -0.1) is 0 Å². The molecule has 216 valence electrons. The van der Waals surface area contributed by atoms with Crippen LogP contribution in [0.15, 0.2) is 48.5 Å². The lowest BCUT2D eigenvalue weighted by atomic mass is 10.1. The largest absolute Gasteiger partial charge is 0.379 e. The molecule has 0 spiro atoms. The number of carbonyl (C=O) groups excluding carboxylic acids is 2. The van der Waals surface area contributed by atoms with E-state index in [2.05, 4.69) is 46.3 Å². The molecule has 3 heterocycles. The van der Waals surface area contributed by atoms with Crippen molar-refractivity contribution >= 4 is 11.8 Å². The molecule has 2 aromatic rings. The van der Waals surface area contributed by atoms with Gasteiger partial charge in [0.1, 0.15) is 6.04 Å². The van der Waals surface area contributed by atoms with Crippen molar-refractivity contribution in [2.75, 3.05) is 72.1 Å². The van der Waals surface area contributed by atoms with Crippen molar-refractivity contribution in [3.05, 3.63) is 70.8 Å². The summed E-state index contributed by atoms with van der Waals surface area (Å²) in [7, 11) is 0. The van der Waals surface area contributed by atoms with Crippen LogP contribution in [0.5, 0.6) is 0 Å². The predicted molar refractivity (Wildman–Crippen MR) is 157 cm³/mol. The Kier molecular flexibility index (Phi) is 9.86. The third-order valence-electron chi connectivity index (χ3n) is 8.73. The number of likely N-dealkylation sites (tertiary alicyclic amines) is 1. The molecule has 8 heteroatoms. The number of nitrogens with one attached hydrogen (secondary N) is 1. The van der Waals surface area contributed by atoms with Crippen LogP contribution in [0.25, 0.3) is 0 Å². The minimum atomic E-state index is -0.445. The first-order valence-electron chi connectivity index (χ1n) is 15.0. The molecule has 0 aliphatic carbocycles. The highest BCUT2D eigenvalue weighted by atomic mass is 16.5. The van der Waals surface area contributed by atoms with Crippen LogP contribution in [0.1, 0.15) is 39.9 Å². The molecule has 8 nitrogen and oxygen atoms in total. The number of morpholine rings is 1. The number of aryl methyl sites for hydroxylation is 2. The third-order valence-corrected chi connectivity index (χ3v) is 8.73. The van der Waals surface area contributed by atoms with E-state index in [9.17, 15) is 9.59 Å². The number of amides is 2. The predicted octanol–water partition coefficient (Wildman–Crippen LogP) is 2.54. The Morgan fingerprint density at radius 1 is 0.975 bits per heavy atom. The average molecular weight is 548 g/mol. The summed E-state index contributed by atoms with van der Waals surface area (Å²) in [6.45, 7) is 14.0. The van der Waals surface area contributed by atoms with Gasteiger partial charge in [0.25, 0.3) is 5.91 Å². The van der Waals surface area contributed by atoms with Crippen LogP contribution in [0.3, 0.4) is 0 Å². The standard InChI is InChI=1S/C32H45N5O3/c1-25-8-10-27(11-9-25)31(38)37-24-29(22-30(37)32(39)35-14-5-12-33-13-15-35)36(17-16-34-18-20-40-21-19-34)23-28-7-4-3-6-26(28)2/h3-4,6-11,29-30,33H,5,12-24H2,1-2H3. The molecular formula is C32H45N5O3. The number of benzene rings is 2. The monoisotopic (exact) mass is 547 g/mol. The second-order valence-electron chi connectivity index (χ2n) is 11.5. The summed E-state index contributed by atoms with van der Waals surface area (Å²) in [5.41, 5.74) is 4.34. The molecule has 3 aliphatic rings. The first-order chi connectivity index (χ1) is 19.5. The quantitative estimate of drug-likeness (QED) is 0.548. The molecule has 1 N–H and O–H groups in total. The van der Waals surface area contributed by atoms with Gasteiger partial charge in [0.15, 0.2) is 0 Å². The van der Waals surface area contributed by atoms with Crippen LogP contribution in [0, 0.1) is 13.8 Å². The van der Waals surface area contributed by atoms with E-state index in [0.29, 0.717) is 25.1 Å². The maximum atomic E-state index is 14.0. The van der Waals surface area contributed by atoms with Crippen molar-refractivity contribution < 1.29 is 14.3 Å². The van der Waals surface area contributed by atoms with E-state index in [0.717, 1.165) is 77.6 Å². The molecule has 3 saturated heterocycles. The maximum Gasteiger partial charge on any atom is 0.254 e. The summed E-state index contributed by atoms with van der Waals surface area (Å²) in [4.78, 5) is 36.7. The van der Waals surface area contributed by atoms with Crippen LogP contribution in [-0.4, -0.2) is 116 Å². The molecule has 0 radical (unpaired) electrons. The van der Waals surface area contributed by atoms with Crippen LogP contribution < -0.4 is 5.32 Å². The summed E-state index contributed by atoms with van der Waals surface area (Å²) in [5.74, 6) is 0.0495. The van der Waals surface area contributed by atoms with Crippen molar-refractivity contribution in [2.45, 2.75) is 45.3 Å². The van der Waals surface area contributed by atoms with Gasteiger partial charge < -0.3 is 19.9 Å². The number of rotatable bonds is 8. The zero-order valence-electron chi connectivity index (χ0n) is 24.2. The van der Waals surface area contributed by atoms with E-state index in [-0.39, 0.29) is 17.9 Å². The topological polar surface area (TPSA) is 68.4 Å². The van der Waals surface area contributed by atoms with Gasteiger partial charge in [0.05, 0.1) is 13.2 Å². The average Bonchev–Trinajstić information content (AvgIpc) is 3.24. The van der Waals surface area contributed by atoms with Gasteiger partial charge >= 0.3 is 0 Å². The molecule has 2 atom stereocenters. The molecule has 40 heavy (non-hydrogen) atoms. The Bertz CT molecular complexity index is 1130. The Morgan fingerprint density at radius 2 is 1.75 bits per heavy atom. The zero-order chi connectivity index (χ0) is 27.9. The lowest BCUT2D eigenvalue weighted by Gasteiger charge is -2.33. The SMILES string of the molecule is Cc1ccc(C(=O)N2CC(N(CCN3CCOCC3)Cc3ccccc3C)CC2C(=O)N2CCCNCC2)cc1. The van der Waals surface area contributed by atoms with Crippen LogP contribution in [0.2, 0.25) is 0 Å². The van der Waals surface area contributed by atoms with E-state index in [1.54, 1.807) is 0 Å². The summed E-state index contributed by atoms with van der Waals surface area (Å²) < 4.78 is 5.57. The normalized spacial score (nSPS) is 22.5. The van der Waals surface area contributed by atoms with E-state index in [4.69, 9.17) is 4.74 Å². The van der Waals surface area contributed by atoms with Gasteiger partial charge in [-0.25, -0.2) is 0 Å². The molecule has 2 aromatic carbocycles. The third kappa shape index (κ3) is 7.10. The Hall–Kier alpha value is -2.78. The lowest BCUT2D eigenvalue weighted by molar-refractivity contribution is -0.135. The molecular weight excluding hydrogens is 502 g/mol. The molecule has 2 amide bonds. The van der Waals surface area contributed by atoms with Crippen molar-refractivity contribution in [1.29, 1.82) is 0 Å². The van der Waals surface area contributed by atoms with Gasteiger partial charge in [0, 0.05) is 70.5 Å². The highest BCUT2D eigenvalue weighted by Crippen LogP contribution is 2.28. The van der Waals surface area contributed by atoms with Gasteiger partial charge in [-0.05, 0) is 56.5 Å². The zero-order valence-corrected chi connectivity index (χ0v) is 24.2. The van der Waals surface area contributed by atoms with E-state index in [1.165, 1.54) is 11.1 Å². The van der Waals surface area contributed by atoms with Gasteiger partial charge in [-0.2, -0.15) is 0 Å². The first kappa shape index (κ1) is 28.7. The van der Waals surface area contributed by atoms with Crippen molar-refractivity contribution in [1.82, 2.24) is 24.9 Å². The second kappa shape index (κ2) is 13.7. The lowest BCUT2D eigenvalue weighted by Crippen LogP contribution is -2.48. The van der Waals surface area contributed by atoms with Gasteiger partial charge in [0.2, 0.25) is 5.91 Å². The van der Waals surface area contributed by atoms with Gasteiger partial charge in [-0.3, -0.25) is 19.4 Å². The Balaban J connectivity index is 1.40. The van der Waals surface area contributed by atoms with E-state index >= 15 is 0 Å². The fourth-order valence-corrected chi connectivity index (χ4v) is 6.17. The number of hydrogen-bond acceptors (Lipinski definition) is 6. The van der Waals surface area contributed by atoms with Crippen molar-refractivity contribution in [3.8, 4) is 0 Å². The van der Waals surface area contributed by atoms with Crippen LogP contribution in [-0.2, 0) is 16.1 Å². The summed E-state index contributed by atoms with van der Waals surface area (Å²) >= 11 is 0. The van der Waals surface area contributed by atoms with E-state index in [1.807, 2.05) is 41.0 Å². The molecule has 3 aliphatic heterocycles. The van der Waals surface area contributed by atoms with Crippen molar-refractivity contribution in [3.63, 3.8) is 0 Å². The van der Waals surface area contributed by atoms with E-state index < -0.39 is 6.04 Å². The van der Waals surface area contributed by atoms with Crippen LogP contribution >= 0.6 is 0 Å². The summed E-state index contributed by atoms with van der Waals surface area (Å²) in [6.07, 6.45) is 1.60. The highest BCUT2D eigenvalue weighted by molar-refractivity contribution is 5.98. The fraction of sp³-hybridized carbons (Fsp3) is 0.562. The van der Waals surface area contributed by atoms with Gasteiger partial charge in [-0.1, -0.05) is 42.0 Å².